The second-order valence-electron chi connectivity index (χ2n) is 7.14. The van der Waals surface area contributed by atoms with E-state index in [0.717, 1.165) is 24.3 Å². The van der Waals surface area contributed by atoms with Gasteiger partial charge in [-0.05, 0) is 49.2 Å². The van der Waals surface area contributed by atoms with E-state index < -0.39 is 0 Å². The Hall–Kier alpha value is -3.10. The summed E-state index contributed by atoms with van der Waals surface area (Å²) in [5.74, 6) is 1.37. The van der Waals surface area contributed by atoms with Gasteiger partial charge in [-0.2, -0.15) is 0 Å². The van der Waals surface area contributed by atoms with Gasteiger partial charge in [0, 0.05) is 17.8 Å². The Balaban J connectivity index is 1.73. The molecule has 8 heteroatoms. The Labute approximate surface area is 186 Å². The van der Waals surface area contributed by atoms with Crippen LogP contribution in [0.1, 0.15) is 41.9 Å². The average molecular weight is 441 g/mol. The summed E-state index contributed by atoms with van der Waals surface area (Å²) in [7, 11) is 1.56. The number of nitrogens with one attached hydrogen (secondary N) is 1. The fourth-order valence-electron chi connectivity index (χ4n) is 3.15. The predicted molar refractivity (Wildman–Crippen MR) is 126 cm³/mol. The molecular weight excluding hydrogens is 412 g/mol. The number of benzene rings is 2. The van der Waals surface area contributed by atoms with Crippen molar-refractivity contribution in [3.05, 3.63) is 59.0 Å². The van der Waals surface area contributed by atoms with Gasteiger partial charge in [-0.15, -0.1) is 0 Å². The molecule has 3 aromatic rings. The number of ether oxygens (including phenoxy) is 2. The highest BCUT2D eigenvalue weighted by atomic mass is 32.1. The lowest BCUT2D eigenvalue weighted by atomic mass is 9.97. The summed E-state index contributed by atoms with van der Waals surface area (Å²) in [6, 6.07) is 14.5. The topological polar surface area (TPSA) is 112 Å². The number of rotatable bonds is 10. The molecule has 5 N–H and O–H groups in total. The van der Waals surface area contributed by atoms with Crippen LogP contribution in [0.3, 0.4) is 0 Å². The Bertz CT molecular complexity index is 1020. The normalized spacial score (nSPS) is 11.2. The van der Waals surface area contributed by atoms with E-state index in [-0.39, 0.29) is 17.2 Å². The maximum atomic E-state index is 12.8. The third-order valence-electron chi connectivity index (χ3n) is 5.29. The minimum atomic E-state index is -0.353. The maximum absolute atomic E-state index is 12.8. The number of nitrogen functional groups attached to an aromatic ring is 1. The number of nitrogens with zero attached hydrogens (tertiary/aromatic N) is 1. The first kappa shape index (κ1) is 22.6. The smallest absolute Gasteiger partial charge is 0.206 e. The van der Waals surface area contributed by atoms with Crippen LogP contribution in [0.25, 0.3) is 0 Å². The molecule has 31 heavy (non-hydrogen) atoms. The van der Waals surface area contributed by atoms with Gasteiger partial charge in [0.05, 0.1) is 7.11 Å². The molecular formula is C23H28N4O3S. The Morgan fingerprint density at radius 3 is 2.45 bits per heavy atom. The zero-order valence-corrected chi connectivity index (χ0v) is 18.8. The highest BCUT2D eigenvalue weighted by molar-refractivity contribution is 7.18. The monoisotopic (exact) mass is 440 g/mol. The molecule has 0 amide bonds. The molecule has 0 fully saturated rings. The molecule has 3 rings (SSSR count). The molecule has 2 aromatic carbocycles. The molecule has 0 spiro atoms. The molecule has 0 atom stereocenters. The Kier molecular flexibility index (Phi) is 7.14. The molecule has 0 aliphatic carbocycles. The van der Waals surface area contributed by atoms with Gasteiger partial charge in [-0.25, -0.2) is 4.98 Å². The number of aromatic nitrogens is 1. The number of carbonyl (C=O) groups excluding carboxylic acids is 1. The molecule has 0 unspecified atom stereocenters. The van der Waals surface area contributed by atoms with Crippen LogP contribution in [0.2, 0.25) is 0 Å². The molecule has 0 aliphatic heterocycles. The summed E-state index contributed by atoms with van der Waals surface area (Å²) >= 11 is 1.21. The van der Waals surface area contributed by atoms with Gasteiger partial charge in [0.2, 0.25) is 5.78 Å². The molecule has 0 radical (unpaired) electrons. The highest BCUT2D eigenvalue weighted by Gasteiger charge is 2.26. The average Bonchev–Trinajstić information content (AvgIpc) is 3.18. The molecule has 0 aliphatic rings. The van der Waals surface area contributed by atoms with E-state index in [2.05, 4.69) is 24.1 Å². The van der Waals surface area contributed by atoms with Crippen LogP contribution in [-0.4, -0.2) is 30.0 Å². The molecule has 0 saturated carbocycles. The summed E-state index contributed by atoms with van der Waals surface area (Å²) < 4.78 is 11.3. The third kappa shape index (κ3) is 5.15. The van der Waals surface area contributed by atoms with Crippen molar-refractivity contribution in [1.82, 2.24) is 4.98 Å². The van der Waals surface area contributed by atoms with Gasteiger partial charge in [-0.3, -0.25) is 4.79 Å². The van der Waals surface area contributed by atoms with Crippen molar-refractivity contribution in [2.45, 2.75) is 32.3 Å². The van der Waals surface area contributed by atoms with E-state index in [4.69, 9.17) is 20.9 Å². The maximum Gasteiger partial charge on any atom is 0.206 e. The number of carbonyl (C=O) groups is 1. The fourth-order valence-corrected chi connectivity index (χ4v) is 4.01. The van der Waals surface area contributed by atoms with Crippen molar-refractivity contribution in [2.75, 3.05) is 24.7 Å². The number of ketones is 1. The van der Waals surface area contributed by atoms with E-state index >= 15 is 0 Å². The lowest BCUT2D eigenvalue weighted by molar-refractivity contribution is 0.0692. The summed E-state index contributed by atoms with van der Waals surface area (Å²) in [6.45, 7) is 4.61. The van der Waals surface area contributed by atoms with Gasteiger partial charge in [0.1, 0.15) is 27.8 Å². The first-order valence-corrected chi connectivity index (χ1v) is 11.0. The van der Waals surface area contributed by atoms with E-state index in [9.17, 15) is 4.79 Å². The first-order valence-electron chi connectivity index (χ1n) is 10.1. The zero-order chi connectivity index (χ0) is 22.4. The third-order valence-corrected chi connectivity index (χ3v) is 6.28. The zero-order valence-electron chi connectivity index (χ0n) is 18.0. The van der Waals surface area contributed by atoms with Crippen molar-refractivity contribution < 1.29 is 14.3 Å². The summed E-state index contributed by atoms with van der Waals surface area (Å²) in [5, 5.41) is 3.73. The number of methoxy groups -OCH3 is 1. The van der Waals surface area contributed by atoms with Gasteiger partial charge in [0.25, 0.3) is 0 Å². The summed E-state index contributed by atoms with van der Waals surface area (Å²) in [6.07, 6.45) is 1.67. The van der Waals surface area contributed by atoms with Crippen molar-refractivity contribution in [2.24, 2.45) is 5.73 Å². The molecule has 0 bridgehead atoms. The van der Waals surface area contributed by atoms with Crippen molar-refractivity contribution in [3.8, 4) is 11.5 Å². The molecule has 0 saturated heterocycles. The van der Waals surface area contributed by atoms with Gasteiger partial charge in [0.15, 0.2) is 5.13 Å². The largest absolute Gasteiger partial charge is 0.497 e. The number of thiazole rings is 1. The second-order valence-corrected chi connectivity index (χ2v) is 8.14. The van der Waals surface area contributed by atoms with Crippen LogP contribution in [0.5, 0.6) is 11.5 Å². The van der Waals surface area contributed by atoms with Crippen LogP contribution in [0.4, 0.5) is 16.6 Å². The highest BCUT2D eigenvalue weighted by Crippen LogP contribution is 2.31. The number of hydrogen-bond donors (Lipinski definition) is 3. The predicted octanol–water partition coefficient (Wildman–Crippen LogP) is 4.60. The minimum absolute atomic E-state index is 0.192. The lowest BCUT2D eigenvalue weighted by Crippen LogP contribution is -2.42. The van der Waals surface area contributed by atoms with Gasteiger partial charge < -0.3 is 26.3 Å². The van der Waals surface area contributed by atoms with E-state index in [1.807, 2.05) is 24.3 Å². The number of anilines is 3. The lowest BCUT2D eigenvalue weighted by Gasteiger charge is -2.31. The van der Waals surface area contributed by atoms with Crippen LogP contribution in [0.15, 0.2) is 48.5 Å². The Morgan fingerprint density at radius 1 is 1.13 bits per heavy atom. The molecule has 1 aromatic heterocycles. The minimum Gasteiger partial charge on any atom is -0.497 e. The standard InChI is InChI=1S/C23H28N4O3S/c1-4-23(5-2,14-24)30-17-11-9-16(10-12-17)26-22-27-21(25)20(31-22)19(28)15-7-6-8-18(13-15)29-3/h6-13H,4-5,14,24-25H2,1-3H3,(H,26,27). The summed E-state index contributed by atoms with van der Waals surface area (Å²) in [4.78, 5) is 17.5. The molecule has 164 valence electrons. The van der Waals surface area contributed by atoms with Crippen molar-refractivity contribution >= 4 is 33.8 Å². The van der Waals surface area contributed by atoms with Crippen LogP contribution in [-0.2, 0) is 0 Å². The number of hydrogen-bond acceptors (Lipinski definition) is 8. The van der Waals surface area contributed by atoms with Gasteiger partial charge >= 0.3 is 0 Å². The van der Waals surface area contributed by atoms with E-state index in [0.29, 0.717) is 27.9 Å². The first-order chi connectivity index (χ1) is 14.9. The van der Waals surface area contributed by atoms with Crippen LogP contribution >= 0.6 is 11.3 Å². The van der Waals surface area contributed by atoms with Gasteiger partial charge in [-0.1, -0.05) is 37.3 Å². The van der Waals surface area contributed by atoms with Crippen molar-refractivity contribution in [1.29, 1.82) is 0 Å². The van der Waals surface area contributed by atoms with E-state index in [1.54, 1.807) is 31.4 Å². The summed E-state index contributed by atoms with van der Waals surface area (Å²) in [5.41, 5.74) is 12.9. The number of nitrogens with two attached hydrogens (primary N) is 2. The van der Waals surface area contributed by atoms with Crippen LogP contribution in [0, 0.1) is 0 Å². The quantitative estimate of drug-likeness (QED) is 0.395. The Morgan fingerprint density at radius 2 is 1.84 bits per heavy atom. The second kappa shape index (κ2) is 9.80. The SMILES string of the molecule is CCC(CC)(CN)Oc1ccc(Nc2nc(N)c(C(=O)c3cccc(OC)c3)s2)cc1. The van der Waals surface area contributed by atoms with Crippen molar-refractivity contribution in [3.63, 3.8) is 0 Å². The van der Waals surface area contributed by atoms with Crippen LogP contribution < -0.4 is 26.3 Å². The molecule has 7 nitrogen and oxygen atoms in total. The van der Waals surface area contributed by atoms with E-state index in [1.165, 1.54) is 11.3 Å². The fraction of sp³-hybridized carbons (Fsp3) is 0.304. The molecule has 1 heterocycles.